The fraction of sp³-hybridized carbons (Fsp3) is 0.650. The summed E-state index contributed by atoms with van der Waals surface area (Å²) in [5.41, 5.74) is 2.11. The first-order valence-electron chi connectivity index (χ1n) is 9.06. The molecular weight excluding hydrogens is 300 g/mol. The first-order chi connectivity index (χ1) is 11.3. The Morgan fingerprint density at radius 2 is 1.96 bits per heavy atom. The van der Waals surface area contributed by atoms with E-state index in [2.05, 4.69) is 43.4 Å². The van der Waals surface area contributed by atoms with Gasteiger partial charge in [-0.3, -0.25) is 0 Å². The Bertz CT molecular complexity index is 534. The van der Waals surface area contributed by atoms with Crippen molar-refractivity contribution in [3.05, 3.63) is 35.4 Å². The van der Waals surface area contributed by atoms with Gasteiger partial charge >= 0.3 is 6.09 Å². The van der Waals surface area contributed by atoms with Gasteiger partial charge in [-0.15, -0.1) is 0 Å². The lowest BCUT2D eigenvalue weighted by molar-refractivity contribution is 0.00970. The van der Waals surface area contributed by atoms with Crippen molar-refractivity contribution >= 4 is 6.09 Å². The molecule has 1 unspecified atom stereocenters. The molecule has 1 heterocycles. The van der Waals surface area contributed by atoms with Crippen molar-refractivity contribution in [1.82, 2.24) is 10.2 Å². The normalized spacial score (nSPS) is 19.9. The van der Waals surface area contributed by atoms with Crippen molar-refractivity contribution < 1.29 is 9.53 Å². The molecule has 0 aliphatic carbocycles. The summed E-state index contributed by atoms with van der Waals surface area (Å²) in [4.78, 5) is 14.4. The minimum Gasteiger partial charge on any atom is -0.444 e. The number of nitrogens with one attached hydrogen (secondary N) is 1. The van der Waals surface area contributed by atoms with Gasteiger partial charge in [0.15, 0.2) is 0 Å². The highest BCUT2D eigenvalue weighted by Crippen LogP contribution is 2.21. The van der Waals surface area contributed by atoms with E-state index in [4.69, 9.17) is 4.74 Å². The Kier molecular flexibility index (Phi) is 6.27. The Balaban J connectivity index is 1.93. The van der Waals surface area contributed by atoms with Crippen molar-refractivity contribution in [1.29, 1.82) is 0 Å². The molecule has 4 heteroatoms. The van der Waals surface area contributed by atoms with Gasteiger partial charge in [0.1, 0.15) is 5.60 Å². The van der Waals surface area contributed by atoms with Gasteiger partial charge in [-0.2, -0.15) is 0 Å². The van der Waals surface area contributed by atoms with E-state index in [-0.39, 0.29) is 18.2 Å². The summed E-state index contributed by atoms with van der Waals surface area (Å²) in [6.45, 7) is 11.6. The Labute approximate surface area is 146 Å². The molecule has 1 aliphatic heterocycles. The second-order valence-corrected chi connectivity index (χ2v) is 7.86. The van der Waals surface area contributed by atoms with Gasteiger partial charge in [0, 0.05) is 25.2 Å². The number of piperidine rings is 1. The van der Waals surface area contributed by atoms with Gasteiger partial charge in [0.25, 0.3) is 0 Å². The molecule has 2 atom stereocenters. The highest BCUT2D eigenvalue weighted by molar-refractivity contribution is 5.68. The second kappa shape index (κ2) is 8.02. The maximum Gasteiger partial charge on any atom is 0.410 e. The van der Waals surface area contributed by atoms with Crippen LogP contribution < -0.4 is 5.32 Å². The number of benzene rings is 1. The minimum absolute atomic E-state index is 0.183. The average molecular weight is 332 g/mol. The van der Waals surface area contributed by atoms with E-state index in [1.165, 1.54) is 17.5 Å². The van der Waals surface area contributed by atoms with E-state index in [1.807, 2.05) is 25.7 Å². The van der Waals surface area contributed by atoms with Crippen LogP contribution >= 0.6 is 0 Å². The van der Waals surface area contributed by atoms with Crippen LogP contribution in [0.1, 0.15) is 64.1 Å². The third-order valence-corrected chi connectivity index (χ3v) is 4.49. The molecule has 1 fully saturated rings. The van der Waals surface area contributed by atoms with E-state index in [1.54, 1.807) is 0 Å². The molecule has 1 amide bonds. The van der Waals surface area contributed by atoms with Gasteiger partial charge in [-0.1, -0.05) is 29.8 Å². The molecule has 1 aromatic rings. The van der Waals surface area contributed by atoms with Crippen LogP contribution in [0.2, 0.25) is 0 Å². The number of aryl methyl sites for hydroxylation is 1. The van der Waals surface area contributed by atoms with Crippen LogP contribution in [0.3, 0.4) is 0 Å². The number of amides is 1. The molecule has 1 aromatic carbocycles. The van der Waals surface area contributed by atoms with Crippen LogP contribution in [0.5, 0.6) is 0 Å². The predicted molar refractivity (Wildman–Crippen MR) is 98.2 cm³/mol. The van der Waals surface area contributed by atoms with Crippen molar-refractivity contribution in [2.75, 3.05) is 13.1 Å². The Hall–Kier alpha value is -1.55. The van der Waals surface area contributed by atoms with E-state index < -0.39 is 5.60 Å². The third-order valence-electron chi connectivity index (χ3n) is 4.49. The molecular formula is C20H32N2O2. The van der Waals surface area contributed by atoms with Crippen molar-refractivity contribution in [3.8, 4) is 0 Å². The maximum absolute atomic E-state index is 12.5. The van der Waals surface area contributed by atoms with Crippen molar-refractivity contribution in [2.45, 2.75) is 71.6 Å². The first-order valence-corrected chi connectivity index (χ1v) is 9.06. The number of hydrogen-bond donors (Lipinski definition) is 1. The number of ether oxygens (including phenoxy) is 1. The van der Waals surface area contributed by atoms with Crippen LogP contribution in [0.15, 0.2) is 24.3 Å². The zero-order valence-electron chi connectivity index (χ0n) is 15.8. The number of nitrogens with zero attached hydrogens (tertiary/aromatic N) is 1. The predicted octanol–water partition coefficient (Wildman–Crippen LogP) is 4.44. The first kappa shape index (κ1) is 18.8. The molecule has 0 spiro atoms. The average Bonchev–Trinajstić information content (AvgIpc) is 2.52. The largest absolute Gasteiger partial charge is 0.444 e. The molecule has 24 heavy (non-hydrogen) atoms. The monoisotopic (exact) mass is 332 g/mol. The molecule has 0 aromatic heterocycles. The molecule has 2 rings (SSSR count). The summed E-state index contributed by atoms with van der Waals surface area (Å²) in [5.74, 6) is 0. The van der Waals surface area contributed by atoms with Crippen LogP contribution in [0.25, 0.3) is 0 Å². The van der Waals surface area contributed by atoms with Crippen LogP contribution in [0.4, 0.5) is 4.79 Å². The van der Waals surface area contributed by atoms with Crippen LogP contribution in [0, 0.1) is 6.92 Å². The number of carbonyl (C=O) groups is 1. The summed E-state index contributed by atoms with van der Waals surface area (Å²) in [6.07, 6.45) is 3.08. The second-order valence-electron chi connectivity index (χ2n) is 7.86. The van der Waals surface area contributed by atoms with Gasteiger partial charge in [-0.25, -0.2) is 4.79 Å². The van der Waals surface area contributed by atoms with E-state index in [9.17, 15) is 4.79 Å². The number of hydrogen-bond acceptors (Lipinski definition) is 3. The zero-order chi connectivity index (χ0) is 17.7. The fourth-order valence-electron chi connectivity index (χ4n) is 3.06. The summed E-state index contributed by atoms with van der Waals surface area (Å²) in [6, 6.07) is 9.09. The van der Waals surface area contributed by atoms with Gasteiger partial charge in [0.05, 0.1) is 0 Å². The van der Waals surface area contributed by atoms with E-state index in [0.717, 1.165) is 25.9 Å². The minimum atomic E-state index is -0.443. The quantitative estimate of drug-likeness (QED) is 0.886. The molecule has 1 saturated heterocycles. The summed E-state index contributed by atoms with van der Waals surface area (Å²) < 4.78 is 5.57. The lowest BCUT2D eigenvalue weighted by Gasteiger charge is -2.37. The zero-order valence-corrected chi connectivity index (χ0v) is 15.8. The number of rotatable bonds is 4. The van der Waals surface area contributed by atoms with Gasteiger partial charge in [0.2, 0.25) is 0 Å². The SMILES string of the molecule is Cc1ccc([C@@H](C)NCC2CCCCN2C(=O)OC(C)(C)C)cc1. The summed E-state index contributed by atoms with van der Waals surface area (Å²) in [7, 11) is 0. The maximum atomic E-state index is 12.5. The lowest BCUT2D eigenvalue weighted by Crippen LogP contribution is -2.50. The highest BCUT2D eigenvalue weighted by Gasteiger charge is 2.30. The summed E-state index contributed by atoms with van der Waals surface area (Å²) >= 11 is 0. The molecule has 134 valence electrons. The van der Waals surface area contributed by atoms with Crippen molar-refractivity contribution in [2.24, 2.45) is 0 Å². The van der Waals surface area contributed by atoms with Crippen LogP contribution in [-0.4, -0.2) is 35.7 Å². The Morgan fingerprint density at radius 1 is 1.29 bits per heavy atom. The lowest BCUT2D eigenvalue weighted by atomic mass is 10.0. The molecule has 0 saturated carbocycles. The van der Waals surface area contributed by atoms with E-state index >= 15 is 0 Å². The van der Waals surface area contributed by atoms with Crippen molar-refractivity contribution in [3.63, 3.8) is 0 Å². The molecule has 4 nitrogen and oxygen atoms in total. The molecule has 1 aliphatic rings. The summed E-state index contributed by atoms with van der Waals surface area (Å²) in [5, 5.41) is 3.59. The topological polar surface area (TPSA) is 41.6 Å². The third kappa shape index (κ3) is 5.52. The van der Waals surface area contributed by atoms with Gasteiger partial charge in [-0.05, 0) is 59.4 Å². The van der Waals surface area contributed by atoms with Gasteiger partial charge < -0.3 is 15.0 Å². The Morgan fingerprint density at radius 3 is 2.58 bits per heavy atom. The molecule has 0 radical (unpaired) electrons. The standard InChI is InChI=1S/C20H32N2O2/c1-15-9-11-17(12-10-15)16(2)21-14-18-8-6-7-13-22(18)19(23)24-20(3,4)5/h9-12,16,18,21H,6-8,13-14H2,1-5H3/t16-,18?/m1/s1. The molecule has 0 bridgehead atoms. The number of carbonyl (C=O) groups excluding carboxylic acids is 1. The molecule has 1 N–H and O–H groups in total. The number of likely N-dealkylation sites (tertiary alicyclic amines) is 1. The smallest absolute Gasteiger partial charge is 0.410 e. The fourth-order valence-corrected chi connectivity index (χ4v) is 3.06. The highest BCUT2D eigenvalue weighted by atomic mass is 16.6. The van der Waals surface area contributed by atoms with Crippen LogP contribution in [-0.2, 0) is 4.74 Å². The van der Waals surface area contributed by atoms with E-state index in [0.29, 0.717) is 0 Å².